The van der Waals surface area contributed by atoms with Crippen molar-refractivity contribution in [2.45, 2.75) is 6.54 Å². The van der Waals surface area contributed by atoms with Crippen LogP contribution in [0.5, 0.6) is 0 Å². The molecule has 0 saturated carbocycles. The highest BCUT2D eigenvalue weighted by atomic mass is 16.2. The number of fused-ring (bicyclic) bond motifs is 1. The molecule has 3 aromatic rings. The lowest BCUT2D eigenvalue weighted by molar-refractivity contribution is -0.113. The van der Waals surface area contributed by atoms with E-state index in [1.807, 2.05) is 67.5 Å². The average Bonchev–Trinajstić information content (AvgIpc) is 2.95. The fourth-order valence-electron chi connectivity index (χ4n) is 3.40. The SMILES string of the molecule is CN(C)c1ccc(/C=C2/C(=O)N(Cc3ccccc3)c3ccccc32)cc1. The van der Waals surface area contributed by atoms with E-state index in [1.54, 1.807) is 0 Å². The normalized spacial score (nSPS) is 14.5. The first kappa shape index (κ1) is 17.1. The highest BCUT2D eigenvalue weighted by Gasteiger charge is 2.31. The van der Waals surface area contributed by atoms with Gasteiger partial charge in [-0.15, -0.1) is 0 Å². The van der Waals surface area contributed by atoms with E-state index >= 15 is 0 Å². The molecule has 1 heterocycles. The van der Waals surface area contributed by atoms with E-state index < -0.39 is 0 Å². The predicted octanol–water partition coefficient (Wildman–Crippen LogP) is 4.84. The number of para-hydroxylation sites is 1. The summed E-state index contributed by atoms with van der Waals surface area (Å²) in [5, 5.41) is 0. The third kappa shape index (κ3) is 3.36. The molecule has 1 aliphatic rings. The van der Waals surface area contributed by atoms with Crippen molar-refractivity contribution in [1.82, 2.24) is 0 Å². The van der Waals surface area contributed by atoms with E-state index in [1.165, 1.54) is 0 Å². The summed E-state index contributed by atoms with van der Waals surface area (Å²) in [5.41, 5.74) is 6.01. The molecule has 0 N–H and O–H groups in total. The van der Waals surface area contributed by atoms with Gasteiger partial charge in [-0.25, -0.2) is 0 Å². The van der Waals surface area contributed by atoms with Crippen molar-refractivity contribution in [2.24, 2.45) is 0 Å². The van der Waals surface area contributed by atoms with Crippen molar-refractivity contribution in [3.05, 3.63) is 95.6 Å². The molecular formula is C24H22N2O. The predicted molar refractivity (Wildman–Crippen MR) is 113 cm³/mol. The Balaban J connectivity index is 1.70. The van der Waals surface area contributed by atoms with Gasteiger partial charge in [-0.05, 0) is 35.4 Å². The number of hydrogen-bond donors (Lipinski definition) is 0. The van der Waals surface area contributed by atoms with Crippen LogP contribution in [0.2, 0.25) is 0 Å². The Hall–Kier alpha value is -3.33. The zero-order chi connectivity index (χ0) is 18.8. The summed E-state index contributed by atoms with van der Waals surface area (Å²) in [4.78, 5) is 17.1. The summed E-state index contributed by atoms with van der Waals surface area (Å²) in [7, 11) is 4.04. The molecule has 0 unspecified atom stereocenters. The van der Waals surface area contributed by atoms with E-state index in [0.29, 0.717) is 6.54 Å². The number of rotatable bonds is 4. The van der Waals surface area contributed by atoms with Crippen LogP contribution in [0.15, 0.2) is 78.9 Å². The molecule has 3 heteroatoms. The van der Waals surface area contributed by atoms with Gasteiger partial charge in [0.25, 0.3) is 5.91 Å². The molecule has 0 atom stereocenters. The van der Waals surface area contributed by atoms with Crippen molar-refractivity contribution in [3.63, 3.8) is 0 Å². The fraction of sp³-hybridized carbons (Fsp3) is 0.125. The van der Waals surface area contributed by atoms with E-state index in [2.05, 4.69) is 41.3 Å². The van der Waals surface area contributed by atoms with Crippen LogP contribution in [0.25, 0.3) is 11.6 Å². The van der Waals surface area contributed by atoms with Crippen LogP contribution >= 0.6 is 0 Å². The first-order valence-electron chi connectivity index (χ1n) is 9.08. The van der Waals surface area contributed by atoms with E-state index in [4.69, 9.17) is 0 Å². The summed E-state index contributed by atoms with van der Waals surface area (Å²) in [6.07, 6.45) is 1.99. The molecule has 0 spiro atoms. The molecule has 0 saturated heterocycles. The summed E-state index contributed by atoms with van der Waals surface area (Å²) in [6.45, 7) is 0.577. The van der Waals surface area contributed by atoms with Gasteiger partial charge >= 0.3 is 0 Å². The van der Waals surface area contributed by atoms with Crippen LogP contribution < -0.4 is 9.80 Å². The molecule has 3 aromatic carbocycles. The van der Waals surface area contributed by atoms with Crippen molar-refractivity contribution in [3.8, 4) is 0 Å². The highest BCUT2D eigenvalue weighted by molar-refractivity contribution is 6.35. The maximum Gasteiger partial charge on any atom is 0.259 e. The topological polar surface area (TPSA) is 23.6 Å². The second-order valence-corrected chi connectivity index (χ2v) is 6.94. The molecular weight excluding hydrogens is 332 g/mol. The number of carbonyl (C=O) groups excluding carboxylic acids is 1. The molecule has 1 aliphatic heterocycles. The van der Waals surface area contributed by atoms with E-state index in [9.17, 15) is 4.79 Å². The van der Waals surface area contributed by atoms with Crippen LogP contribution in [0.3, 0.4) is 0 Å². The van der Waals surface area contributed by atoms with Crippen molar-refractivity contribution in [1.29, 1.82) is 0 Å². The molecule has 4 rings (SSSR count). The maximum absolute atomic E-state index is 13.2. The molecule has 0 bridgehead atoms. The largest absolute Gasteiger partial charge is 0.378 e. The Bertz CT molecular complexity index is 988. The number of hydrogen-bond acceptors (Lipinski definition) is 2. The number of benzene rings is 3. The van der Waals surface area contributed by atoms with E-state index in [-0.39, 0.29) is 5.91 Å². The summed E-state index contributed by atoms with van der Waals surface area (Å²) in [5.74, 6) is 0.0525. The van der Waals surface area contributed by atoms with Gasteiger partial charge < -0.3 is 9.80 Å². The van der Waals surface area contributed by atoms with Crippen molar-refractivity contribution >= 4 is 28.9 Å². The fourth-order valence-corrected chi connectivity index (χ4v) is 3.40. The standard InChI is InChI=1S/C24H22N2O/c1-25(2)20-14-12-18(13-15-20)16-22-21-10-6-7-11-23(21)26(24(22)27)17-19-8-4-3-5-9-19/h3-16H,17H2,1-2H3/b22-16+. The highest BCUT2D eigenvalue weighted by Crippen LogP contribution is 2.38. The molecule has 27 heavy (non-hydrogen) atoms. The number of nitrogens with zero attached hydrogens (tertiary/aromatic N) is 2. The Labute approximate surface area is 160 Å². The van der Waals surface area contributed by atoms with Crippen LogP contribution in [-0.4, -0.2) is 20.0 Å². The van der Waals surface area contributed by atoms with Gasteiger partial charge in [0, 0.05) is 30.9 Å². The molecule has 0 aromatic heterocycles. The molecule has 0 fully saturated rings. The van der Waals surface area contributed by atoms with Gasteiger partial charge in [-0.3, -0.25) is 4.79 Å². The number of anilines is 2. The van der Waals surface area contributed by atoms with Gasteiger partial charge in [0.1, 0.15) is 0 Å². The second kappa shape index (κ2) is 7.12. The van der Waals surface area contributed by atoms with Crippen molar-refractivity contribution < 1.29 is 4.79 Å². The minimum Gasteiger partial charge on any atom is -0.378 e. The minimum atomic E-state index is 0.0525. The van der Waals surface area contributed by atoms with E-state index in [0.717, 1.165) is 33.6 Å². The zero-order valence-electron chi connectivity index (χ0n) is 15.6. The van der Waals surface area contributed by atoms with Gasteiger partial charge in [0.2, 0.25) is 0 Å². The first-order valence-corrected chi connectivity index (χ1v) is 9.08. The Morgan fingerprint density at radius 2 is 1.52 bits per heavy atom. The molecule has 3 nitrogen and oxygen atoms in total. The number of amides is 1. The Kier molecular flexibility index (Phi) is 4.51. The molecule has 0 aliphatic carbocycles. The minimum absolute atomic E-state index is 0.0525. The second-order valence-electron chi connectivity index (χ2n) is 6.94. The third-order valence-electron chi connectivity index (χ3n) is 4.86. The van der Waals surface area contributed by atoms with Gasteiger partial charge in [0.05, 0.1) is 12.2 Å². The molecule has 1 amide bonds. The molecule has 134 valence electrons. The smallest absolute Gasteiger partial charge is 0.259 e. The zero-order valence-corrected chi connectivity index (χ0v) is 15.6. The van der Waals surface area contributed by atoms with Gasteiger partial charge in [-0.2, -0.15) is 0 Å². The van der Waals surface area contributed by atoms with Crippen LogP contribution in [0.4, 0.5) is 11.4 Å². The molecule has 0 radical (unpaired) electrons. The summed E-state index contributed by atoms with van der Waals surface area (Å²) < 4.78 is 0. The lowest BCUT2D eigenvalue weighted by Crippen LogP contribution is -2.25. The van der Waals surface area contributed by atoms with Crippen LogP contribution in [-0.2, 0) is 11.3 Å². The van der Waals surface area contributed by atoms with Gasteiger partial charge in [-0.1, -0.05) is 60.7 Å². The summed E-state index contributed by atoms with van der Waals surface area (Å²) >= 11 is 0. The number of carbonyl (C=O) groups is 1. The lowest BCUT2D eigenvalue weighted by atomic mass is 10.0. The van der Waals surface area contributed by atoms with Crippen LogP contribution in [0, 0.1) is 0 Å². The Morgan fingerprint density at radius 3 is 2.22 bits per heavy atom. The maximum atomic E-state index is 13.2. The first-order chi connectivity index (χ1) is 13.1. The monoisotopic (exact) mass is 354 g/mol. The van der Waals surface area contributed by atoms with Crippen LogP contribution in [0.1, 0.15) is 16.7 Å². The quantitative estimate of drug-likeness (QED) is 0.626. The third-order valence-corrected chi connectivity index (χ3v) is 4.86. The average molecular weight is 354 g/mol. The van der Waals surface area contributed by atoms with Crippen molar-refractivity contribution in [2.75, 3.05) is 23.9 Å². The lowest BCUT2D eigenvalue weighted by Gasteiger charge is -2.17. The summed E-state index contributed by atoms with van der Waals surface area (Å²) in [6, 6.07) is 26.4. The van der Waals surface area contributed by atoms with Gasteiger partial charge in [0.15, 0.2) is 0 Å². The Morgan fingerprint density at radius 1 is 0.852 bits per heavy atom.